The number of aromatic nitrogens is 2. The third kappa shape index (κ3) is 9.64. The number of imidazole rings is 1. The number of carbonyl (C=O) groups excluding carboxylic acids is 1. The van der Waals surface area contributed by atoms with Gasteiger partial charge in [0.2, 0.25) is 6.33 Å². The van der Waals surface area contributed by atoms with Crippen LogP contribution in [0, 0.1) is 35.5 Å². The van der Waals surface area contributed by atoms with Crippen molar-refractivity contribution < 1.29 is 23.9 Å². The van der Waals surface area contributed by atoms with E-state index in [-0.39, 0.29) is 5.56 Å². The number of benzene rings is 1. The Morgan fingerprint density at radius 2 is 1.49 bits per heavy atom. The first-order valence-electron chi connectivity index (χ1n) is 14.9. The Balaban J connectivity index is 0.000000353. The summed E-state index contributed by atoms with van der Waals surface area (Å²) in [5.74, 6) is 3.16. The minimum absolute atomic E-state index is 0.147. The molecule has 0 spiro atoms. The van der Waals surface area contributed by atoms with E-state index in [0.717, 1.165) is 11.8 Å². The van der Waals surface area contributed by atoms with E-state index >= 15 is 0 Å². The summed E-state index contributed by atoms with van der Waals surface area (Å²) in [6.45, 7) is 15.4. The molecule has 2 aromatic rings. The van der Waals surface area contributed by atoms with Crippen LogP contribution in [0.4, 0.5) is 5.69 Å². The molecule has 0 saturated heterocycles. The van der Waals surface area contributed by atoms with Gasteiger partial charge in [0.15, 0.2) is 13.5 Å². The first-order chi connectivity index (χ1) is 18.5. The minimum atomic E-state index is -1.18. The first kappa shape index (κ1) is 31.2. The van der Waals surface area contributed by atoms with Crippen LogP contribution < -0.4 is 15.4 Å². The summed E-state index contributed by atoms with van der Waals surface area (Å²) in [6, 6.07) is 5.85. The Morgan fingerprint density at radius 3 is 2.00 bits per heavy atom. The molecule has 0 radical (unpaired) electrons. The zero-order valence-corrected chi connectivity index (χ0v) is 24.9. The lowest BCUT2D eigenvalue weighted by molar-refractivity contribution is -0.735. The molecule has 1 aromatic heterocycles. The highest BCUT2D eigenvalue weighted by molar-refractivity contribution is 5.86. The topological polar surface area (TPSA) is 93.4 Å². The number of nitrogens with two attached hydrogens (primary N) is 1. The summed E-state index contributed by atoms with van der Waals surface area (Å²) in [7, 11) is 0. The lowest BCUT2D eigenvalue weighted by atomic mass is 9.75. The van der Waals surface area contributed by atoms with Crippen molar-refractivity contribution in [3.63, 3.8) is 0 Å². The van der Waals surface area contributed by atoms with Crippen LogP contribution >= 0.6 is 0 Å². The number of hydrogen-bond acceptors (Lipinski definition) is 5. The lowest BCUT2D eigenvalue weighted by Gasteiger charge is -2.36. The van der Waals surface area contributed by atoms with E-state index in [9.17, 15) is 9.90 Å². The molecular weight excluding hydrogens is 490 g/mol. The molecule has 39 heavy (non-hydrogen) atoms. The summed E-state index contributed by atoms with van der Waals surface area (Å²) in [6.07, 6.45) is 14.8. The van der Waals surface area contributed by atoms with Gasteiger partial charge in [0, 0.05) is 5.69 Å². The third-order valence-corrected chi connectivity index (χ3v) is 8.69. The van der Waals surface area contributed by atoms with Crippen LogP contribution in [0.5, 0.6) is 0 Å². The van der Waals surface area contributed by atoms with Gasteiger partial charge < -0.3 is 25.1 Å². The summed E-state index contributed by atoms with van der Waals surface area (Å²) >= 11 is 0. The number of hydrogen-bond donors (Lipinski definition) is 1. The van der Waals surface area contributed by atoms with Gasteiger partial charge in [-0.15, -0.1) is 0 Å². The van der Waals surface area contributed by atoms with Crippen LogP contribution in [0.1, 0.15) is 90.4 Å². The quantitative estimate of drug-likeness (QED) is 0.344. The zero-order chi connectivity index (χ0) is 28.5. The molecule has 2 fully saturated rings. The van der Waals surface area contributed by atoms with Gasteiger partial charge in [-0.25, -0.2) is 9.13 Å². The molecule has 1 heterocycles. The minimum Gasteiger partial charge on any atom is -0.545 e. The van der Waals surface area contributed by atoms with Gasteiger partial charge in [0.05, 0.1) is 18.2 Å². The van der Waals surface area contributed by atoms with Gasteiger partial charge in [0.25, 0.3) is 0 Å². The molecule has 2 aliphatic rings. The highest BCUT2D eigenvalue weighted by atomic mass is 16.5. The fraction of sp³-hybridized carbons (Fsp3) is 0.688. The second kappa shape index (κ2) is 14.8. The number of nitrogens with zero attached hydrogens (tertiary/aromatic N) is 2. The molecular formula is C32H51N3O4. The van der Waals surface area contributed by atoms with Gasteiger partial charge in [-0.1, -0.05) is 66.5 Å². The van der Waals surface area contributed by atoms with Gasteiger partial charge >= 0.3 is 0 Å². The van der Waals surface area contributed by atoms with Crippen LogP contribution in [0.25, 0.3) is 0 Å². The third-order valence-electron chi connectivity index (χ3n) is 8.69. The monoisotopic (exact) mass is 541 g/mol. The van der Waals surface area contributed by atoms with Crippen LogP contribution in [0.15, 0.2) is 43.0 Å². The number of rotatable bonds is 9. The second-order valence-electron chi connectivity index (χ2n) is 12.7. The van der Waals surface area contributed by atoms with Crippen molar-refractivity contribution in [2.24, 2.45) is 35.5 Å². The zero-order valence-electron chi connectivity index (χ0n) is 24.9. The molecule has 218 valence electrons. The van der Waals surface area contributed by atoms with Gasteiger partial charge in [0.1, 0.15) is 12.4 Å². The molecule has 7 nitrogen and oxygen atoms in total. The summed E-state index contributed by atoms with van der Waals surface area (Å²) < 4.78 is 17.1. The molecule has 1 aromatic carbocycles. The highest BCUT2D eigenvalue weighted by Crippen LogP contribution is 2.36. The van der Waals surface area contributed by atoms with Crippen molar-refractivity contribution in [3.05, 3.63) is 48.5 Å². The molecule has 0 bridgehead atoms. The molecule has 2 aliphatic carbocycles. The standard InChI is InChI=1S/C25H45N2O2.C7H7NO2/c1-18(2)22-9-7-20(5)13-24(22)28-16-26-11-12-27(15-26)17-29-25-14-21(6)8-10-23(25)19(3)4;8-6-3-1-5(2-4-6)7(9)10/h11-12,15,18-25H,7-10,13-14,16-17H2,1-6H3;1-4H,8H2,(H,9,10)/q+1;/p-1/t20-,21-,22+,23+,24-,25-;/m1./s1. The average molecular weight is 542 g/mol. The molecule has 6 atom stereocenters. The molecule has 2 saturated carbocycles. The van der Waals surface area contributed by atoms with Crippen LogP contribution in [0.3, 0.4) is 0 Å². The van der Waals surface area contributed by atoms with E-state index in [0.29, 0.717) is 55.0 Å². The maximum Gasteiger partial charge on any atom is 0.247 e. The van der Waals surface area contributed by atoms with Crippen molar-refractivity contribution in [1.29, 1.82) is 0 Å². The Morgan fingerprint density at radius 1 is 0.949 bits per heavy atom. The molecule has 7 heteroatoms. The number of aromatic carboxylic acids is 1. The number of carbonyl (C=O) groups is 1. The fourth-order valence-corrected chi connectivity index (χ4v) is 6.19. The average Bonchev–Trinajstić information content (AvgIpc) is 3.34. The molecule has 0 unspecified atom stereocenters. The summed E-state index contributed by atoms with van der Waals surface area (Å²) in [4.78, 5) is 10.2. The molecule has 0 amide bonds. The smallest absolute Gasteiger partial charge is 0.247 e. The van der Waals surface area contributed by atoms with Crippen molar-refractivity contribution in [3.8, 4) is 0 Å². The Labute approximate surface area is 235 Å². The lowest BCUT2D eigenvalue weighted by Crippen LogP contribution is -2.40. The molecule has 2 N–H and O–H groups in total. The fourth-order valence-electron chi connectivity index (χ4n) is 6.19. The number of anilines is 1. The van der Waals surface area contributed by atoms with E-state index in [1.54, 1.807) is 0 Å². The normalized spacial score (nSPS) is 27.3. The van der Waals surface area contributed by atoms with E-state index in [4.69, 9.17) is 15.2 Å². The van der Waals surface area contributed by atoms with Crippen LogP contribution in [-0.2, 0) is 22.9 Å². The maximum absolute atomic E-state index is 10.2. The summed E-state index contributed by atoms with van der Waals surface area (Å²) in [5.41, 5.74) is 6.01. The Bertz CT molecular complexity index is 953. The van der Waals surface area contributed by atoms with E-state index in [1.165, 1.54) is 62.8 Å². The SMILES string of the molecule is CC(C)[C@@H]1CC[C@@H](C)C[C@H]1OCn1cc[n+](CO[C@@H]2C[C@H](C)CC[C@H]2C(C)C)c1.Nc1ccc(C(=O)[O-])cc1. The van der Waals surface area contributed by atoms with Crippen LogP contribution in [0.2, 0.25) is 0 Å². The number of carboxylic acid groups (broad SMARTS) is 1. The molecule has 4 rings (SSSR count). The van der Waals surface area contributed by atoms with Crippen molar-refractivity contribution in [2.75, 3.05) is 5.73 Å². The predicted octanol–water partition coefficient (Wildman–Crippen LogP) is 5.28. The van der Waals surface area contributed by atoms with Crippen molar-refractivity contribution in [1.82, 2.24) is 4.57 Å². The second-order valence-corrected chi connectivity index (χ2v) is 12.7. The highest BCUT2D eigenvalue weighted by Gasteiger charge is 2.33. The largest absolute Gasteiger partial charge is 0.545 e. The first-order valence-corrected chi connectivity index (χ1v) is 14.9. The van der Waals surface area contributed by atoms with Crippen molar-refractivity contribution >= 4 is 11.7 Å². The van der Waals surface area contributed by atoms with Gasteiger partial charge in [-0.3, -0.25) is 0 Å². The van der Waals surface area contributed by atoms with Gasteiger partial charge in [-0.05, 0) is 78.9 Å². The van der Waals surface area contributed by atoms with Crippen molar-refractivity contribution in [2.45, 2.75) is 106 Å². The van der Waals surface area contributed by atoms with Gasteiger partial charge in [-0.2, -0.15) is 0 Å². The number of carboxylic acids is 1. The number of nitrogen functional groups attached to an aromatic ring is 1. The van der Waals surface area contributed by atoms with E-state index in [1.807, 2.05) is 0 Å². The number of ether oxygens (including phenoxy) is 2. The van der Waals surface area contributed by atoms with E-state index in [2.05, 4.69) is 69.4 Å². The Hall–Kier alpha value is -2.38. The van der Waals surface area contributed by atoms with E-state index < -0.39 is 5.97 Å². The Kier molecular flexibility index (Phi) is 11.9. The molecule has 0 aliphatic heterocycles. The van der Waals surface area contributed by atoms with Crippen LogP contribution in [-0.4, -0.2) is 22.7 Å². The predicted molar refractivity (Wildman–Crippen MR) is 152 cm³/mol. The maximum atomic E-state index is 10.2. The summed E-state index contributed by atoms with van der Waals surface area (Å²) in [5, 5.41) is 10.2.